The number of rotatable bonds is 73. The molecule has 0 saturated heterocycles. The zero-order valence-electron chi connectivity index (χ0n) is 60.6. The van der Waals surface area contributed by atoms with Gasteiger partial charge in [-0.05, 0) is 37.5 Å². The van der Waals surface area contributed by atoms with E-state index in [1.165, 1.54) is 199 Å². The Bertz CT molecular complexity index is 1800. The van der Waals surface area contributed by atoms with Crippen LogP contribution in [0.1, 0.15) is 382 Å². The minimum atomic E-state index is -4.96. The molecule has 0 aliphatic rings. The first kappa shape index (κ1) is 91.1. The van der Waals surface area contributed by atoms with Crippen molar-refractivity contribution in [2.45, 2.75) is 400 Å². The molecule has 0 radical (unpaired) electrons. The third kappa shape index (κ3) is 68.4. The SMILES string of the molecule is CCCCCCCCCCCCCCCCC(=O)O[C@H](COC(=O)CCCCCCCCCCCC)COP(=O)(O)OC[C@H](O)COP(=O)(O)OC[C@@H](COC(=O)CCCCCCCCCCCCCC(C)C)OC(=O)CCCCCCCCCCCCCCC(C)C. The maximum atomic E-state index is 13.1. The van der Waals surface area contributed by atoms with E-state index in [9.17, 15) is 43.2 Å². The molecule has 5 atom stereocenters. The standard InChI is InChI=1S/C74H144O17P2/c1-7-9-11-13-15-17-19-20-21-27-34-40-46-52-58-73(78)90-69(62-84-71(76)56-50-44-38-32-18-16-14-12-10-8-2)64-88-92(80,81)86-60-68(75)61-87-93(82,83)89-65-70(63-85-72(77)57-51-45-39-33-29-24-26-31-37-43-49-55-67(5)6)91-74(79)59-53-47-41-35-28-23-22-25-30-36-42-48-54-66(3)4/h66-70,75H,7-65H2,1-6H3,(H,80,81)(H,82,83)/t68-,69+,70+/m0/s1. The first-order valence-corrected chi connectivity index (χ1v) is 41.5. The summed E-state index contributed by atoms with van der Waals surface area (Å²) in [6.45, 7) is 9.59. The average molecular weight is 1370 g/mol. The van der Waals surface area contributed by atoms with Gasteiger partial charge in [0.15, 0.2) is 12.2 Å². The molecule has 0 aromatic heterocycles. The van der Waals surface area contributed by atoms with Crippen molar-refractivity contribution in [3.05, 3.63) is 0 Å². The van der Waals surface area contributed by atoms with Gasteiger partial charge in [0.05, 0.1) is 26.4 Å². The van der Waals surface area contributed by atoms with Crippen LogP contribution in [-0.4, -0.2) is 96.7 Å². The van der Waals surface area contributed by atoms with Crippen molar-refractivity contribution in [2.24, 2.45) is 11.8 Å². The van der Waals surface area contributed by atoms with Crippen LogP contribution in [0, 0.1) is 11.8 Å². The summed E-state index contributed by atoms with van der Waals surface area (Å²) >= 11 is 0. The Hall–Kier alpha value is -1.94. The van der Waals surface area contributed by atoms with E-state index in [0.717, 1.165) is 102 Å². The van der Waals surface area contributed by atoms with Crippen LogP contribution in [0.4, 0.5) is 0 Å². The summed E-state index contributed by atoms with van der Waals surface area (Å²) in [6.07, 6.45) is 52.5. The Kier molecular flexibility index (Phi) is 64.6. The van der Waals surface area contributed by atoms with Gasteiger partial charge in [0.25, 0.3) is 0 Å². The molecule has 0 aliphatic carbocycles. The van der Waals surface area contributed by atoms with Crippen LogP contribution in [0.5, 0.6) is 0 Å². The second-order valence-corrected chi connectivity index (χ2v) is 30.5. The summed E-state index contributed by atoms with van der Waals surface area (Å²) in [5.74, 6) is -0.569. The molecule has 3 N–H and O–H groups in total. The number of ether oxygens (including phenoxy) is 4. The van der Waals surface area contributed by atoms with Crippen molar-refractivity contribution in [3.63, 3.8) is 0 Å². The molecule has 0 amide bonds. The van der Waals surface area contributed by atoms with Crippen LogP contribution >= 0.6 is 15.6 Å². The van der Waals surface area contributed by atoms with Gasteiger partial charge in [-0.1, -0.05) is 330 Å². The van der Waals surface area contributed by atoms with Gasteiger partial charge in [0.2, 0.25) is 0 Å². The number of phosphoric acid groups is 2. The topological polar surface area (TPSA) is 237 Å². The van der Waals surface area contributed by atoms with E-state index in [0.29, 0.717) is 25.7 Å². The van der Waals surface area contributed by atoms with Gasteiger partial charge in [-0.2, -0.15) is 0 Å². The highest BCUT2D eigenvalue weighted by Gasteiger charge is 2.30. The molecular formula is C74H144O17P2. The predicted molar refractivity (Wildman–Crippen MR) is 377 cm³/mol. The van der Waals surface area contributed by atoms with Gasteiger partial charge in [-0.3, -0.25) is 37.3 Å². The smallest absolute Gasteiger partial charge is 0.462 e. The Morgan fingerprint density at radius 1 is 0.290 bits per heavy atom. The summed E-state index contributed by atoms with van der Waals surface area (Å²) in [7, 11) is -9.91. The van der Waals surface area contributed by atoms with Crippen molar-refractivity contribution in [2.75, 3.05) is 39.6 Å². The van der Waals surface area contributed by atoms with E-state index in [-0.39, 0.29) is 25.7 Å². The monoisotopic (exact) mass is 1370 g/mol. The molecule has 17 nitrogen and oxygen atoms in total. The minimum absolute atomic E-state index is 0.107. The molecule has 0 aromatic rings. The molecule has 0 heterocycles. The third-order valence-electron chi connectivity index (χ3n) is 17.2. The lowest BCUT2D eigenvalue weighted by atomic mass is 10.0. The number of unbranched alkanes of at least 4 members (excludes halogenated alkanes) is 43. The van der Waals surface area contributed by atoms with E-state index in [2.05, 4.69) is 41.5 Å². The van der Waals surface area contributed by atoms with Gasteiger partial charge in [-0.15, -0.1) is 0 Å². The highest BCUT2D eigenvalue weighted by atomic mass is 31.2. The van der Waals surface area contributed by atoms with Crippen molar-refractivity contribution < 1.29 is 80.2 Å². The molecule has 0 rings (SSSR count). The van der Waals surface area contributed by atoms with Crippen LogP contribution in [0.15, 0.2) is 0 Å². The van der Waals surface area contributed by atoms with E-state index in [4.69, 9.17) is 37.0 Å². The van der Waals surface area contributed by atoms with Crippen LogP contribution in [0.2, 0.25) is 0 Å². The normalized spacial score (nSPS) is 14.1. The van der Waals surface area contributed by atoms with E-state index >= 15 is 0 Å². The predicted octanol–water partition coefficient (Wildman–Crippen LogP) is 21.6. The molecule has 93 heavy (non-hydrogen) atoms. The van der Waals surface area contributed by atoms with E-state index in [1.54, 1.807) is 0 Å². The molecule has 0 aliphatic heterocycles. The van der Waals surface area contributed by atoms with Crippen molar-refractivity contribution in [3.8, 4) is 0 Å². The van der Waals surface area contributed by atoms with Gasteiger partial charge >= 0.3 is 39.5 Å². The molecule has 0 aromatic carbocycles. The molecular weight excluding hydrogens is 1220 g/mol. The summed E-state index contributed by atoms with van der Waals surface area (Å²) in [4.78, 5) is 72.7. The number of aliphatic hydroxyl groups excluding tert-OH is 1. The Balaban J connectivity index is 5.25. The van der Waals surface area contributed by atoms with Crippen molar-refractivity contribution >= 4 is 39.5 Å². The lowest BCUT2D eigenvalue weighted by Crippen LogP contribution is -2.30. The summed E-state index contributed by atoms with van der Waals surface area (Å²) in [5.41, 5.74) is 0. The first-order valence-electron chi connectivity index (χ1n) is 38.5. The van der Waals surface area contributed by atoms with Crippen LogP contribution < -0.4 is 0 Å². The largest absolute Gasteiger partial charge is 0.472 e. The zero-order valence-corrected chi connectivity index (χ0v) is 62.3. The molecule has 0 bridgehead atoms. The lowest BCUT2D eigenvalue weighted by molar-refractivity contribution is -0.161. The average Bonchev–Trinajstić information content (AvgIpc) is 2.72. The maximum absolute atomic E-state index is 13.1. The number of hydrogen-bond acceptors (Lipinski definition) is 15. The number of phosphoric ester groups is 2. The molecule has 2 unspecified atom stereocenters. The van der Waals surface area contributed by atoms with Gasteiger partial charge in [-0.25, -0.2) is 9.13 Å². The van der Waals surface area contributed by atoms with Crippen molar-refractivity contribution in [1.29, 1.82) is 0 Å². The fraction of sp³-hybridized carbons (Fsp3) is 0.946. The zero-order chi connectivity index (χ0) is 68.6. The van der Waals surface area contributed by atoms with Crippen LogP contribution in [0.3, 0.4) is 0 Å². The number of aliphatic hydroxyl groups is 1. The van der Waals surface area contributed by atoms with Crippen LogP contribution in [-0.2, 0) is 65.4 Å². The minimum Gasteiger partial charge on any atom is -0.462 e. The molecule has 552 valence electrons. The number of carbonyl (C=O) groups excluding carboxylic acids is 4. The van der Waals surface area contributed by atoms with Gasteiger partial charge in [0, 0.05) is 25.7 Å². The molecule has 19 heteroatoms. The van der Waals surface area contributed by atoms with Gasteiger partial charge < -0.3 is 33.8 Å². The number of carbonyl (C=O) groups is 4. The fourth-order valence-corrected chi connectivity index (χ4v) is 12.9. The Morgan fingerprint density at radius 2 is 0.495 bits per heavy atom. The van der Waals surface area contributed by atoms with E-state index in [1.807, 2.05) is 0 Å². The molecule has 0 fully saturated rings. The fourth-order valence-electron chi connectivity index (χ4n) is 11.3. The Morgan fingerprint density at radius 3 is 0.731 bits per heavy atom. The highest BCUT2D eigenvalue weighted by Crippen LogP contribution is 2.45. The third-order valence-corrected chi connectivity index (χ3v) is 19.1. The van der Waals surface area contributed by atoms with Crippen LogP contribution in [0.25, 0.3) is 0 Å². The second kappa shape index (κ2) is 66.0. The number of hydrogen-bond donors (Lipinski definition) is 3. The molecule has 0 saturated carbocycles. The van der Waals surface area contributed by atoms with Gasteiger partial charge in [0.1, 0.15) is 19.3 Å². The Labute approximate surface area is 568 Å². The van der Waals surface area contributed by atoms with Crippen molar-refractivity contribution in [1.82, 2.24) is 0 Å². The first-order chi connectivity index (χ1) is 44.9. The maximum Gasteiger partial charge on any atom is 0.472 e. The summed E-state index contributed by atoms with van der Waals surface area (Å²) in [6, 6.07) is 0. The van der Waals surface area contributed by atoms with E-state index < -0.39 is 97.5 Å². The summed E-state index contributed by atoms with van der Waals surface area (Å²) in [5, 5.41) is 10.6. The quantitative estimate of drug-likeness (QED) is 0.0222. The summed E-state index contributed by atoms with van der Waals surface area (Å²) < 4.78 is 68.5. The highest BCUT2D eigenvalue weighted by molar-refractivity contribution is 7.47. The second-order valence-electron chi connectivity index (χ2n) is 27.6. The lowest BCUT2D eigenvalue weighted by Gasteiger charge is -2.21. The molecule has 0 spiro atoms. The number of esters is 4.